The van der Waals surface area contributed by atoms with Gasteiger partial charge in [-0.1, -0.05) is 34.8 Å². The van der Waals surface area contributed by atoms with Crippen molar-refractivity contribution in [2.45, 2.75) is 0 Å². The van der Waals surface area contributed by atoms with Crippen LogP contribution in [-0.2, 0) is 9.53 Å². The van der Waals surface area contributed by atoms with Crippen LogP contribution in [0.2, 0.25) is 15.1 Å². The Labute approximate surface area is 152 Å². The Hall–Kier alpha value is -2.26. The molecular weight excluding hydrogens is 375 g/mol. The van der Waals surface area contributed by atoms with E-state index >= 15 is 0 Å². The first-order chi connectivity index (χ1) is 11.4. The normalized spacial score (nSPS) is 9.92. The largest absolute Gasteiger partial charge is 0.452 e. The van der Waals surface area contributed by atoms with Crippen LogP contribution in [0.1, 0.15) is 15.9 Å². The molecule has 122 valence electrons. The molecule has 1 N–H and O–H groups in total. The highest BCUT2D eigenvalue weighted by Crippen LogP contribution is 2.23. The molecule has 1 amide bonds. The summed E-state index contributed by atoms with van der Waals surface area (Å²) < 4.78 is 4.89. The van der Waals surface area contributed by atoms with Gasteiger partial charge in [-0.25, -0.2) is 4.79 Å². The molecule has 0 fully saturated rings. The Bertz CT molecular complexity index is 847. The number of amides is 1. The van der Waals surface area contributed by atoms with Crippen LogP contribution in [0.25, 0.3) is 0 Å². The first kappa shape index (κ1) is 18.1. The molecule has 5 nitrogen and oxygen atoms in total. The van der Waals surface area contributed by atoms with Crippen molar-refractivity contribution in [3.63, 3.8) is 0 Å². The summed E-state index contributed by atoms with van der Waals surface area (Å²) >= 11 is 17.4. The number of ether oxygens (including phenoxy) is 1. The second-order valence-corrected chi connectivity index (χ2v) is 5.78. The fourth-order valence-electron chi connectivity index (χ4n) is 1.72. The average Bonchev–Trinajstić information content (AvgIpc) is 2.55. The Morgan fingerprint density at radius 2 is 1.79 bits per heavy atom. The zero-order valence-corrected chi connectivity index (χ0v) is 14.2. The number of nitriles is 1. The SMILES string of the molecule is N#Cc1ccc(NC(=O)COC(=O)c2ccc(Cl)c(Cl)c2)cc1Cl. The van der Waals surface area contributed by atoms with Crippen LogP contribution >= 0.6 is 34.8 Å². The van der Waals surface area contributed by atoms with Crippen molar-refractivity contribution in [2.75, 3.05) is 11.9 Å². The molecule has 8 heteroatoms. The number of rotatable bonds is 4. The smallest absolute Gasteiger partial charge is 0.338 e. The van der Waals surface area contributed by atoms with Crippen molar-refractivity contribution in [1.29, 1.82) is 5.26 Å². The number of hydrogen-bond donors (Lipinski definition) is 1. The predicted octanol–water partition coefficient (Wildman–Crippen LogP) is 4.31. The van der Waals surface area contributed by atoms with E-state index in [4.69, 9.17) is 44.8 Å². The fourth-order valence-corrected chi connectivity index (χ4v) is 2.24. The predicted molar refractivity (Wildman–Crippen MR) is 91.5 cm³/mol. The second-order valence-electron chi connectivity index (χ2n) is 4.56. The topological polar surface area (TPSA) is 79.2 Å². The number of hydrogen-bond acceptors (Lipinski definition) is 4. The molecule has 0 saturated heterocycles. The summed E-state index contributed by atoms with van der Waals surface area (Å²) in [5.74, 6) is -1.26. The lowest BCUT2D eigenvalue weighted by Gasteiger charge is -2.08. The number of nitrogens with one attached hydrogen (secondary N) is 1. The van der Waals surface area contributed by atoms with E-state index in [0.717, 1.165) is 0 Å². The van der Waals surface area contributed by atoms with Gasteiger partial charge in [0, 0.05) is 5.69 Å². The van der Waals surface area contributed by atoms with Crippen molar-refractivity contribution >= 4 is 52.4 Å². The number of benzene rings is 2. The van der Waals surface area contributed by atoms with Gasteiger partial charge in [-0.2, -0.15) is 5.26 Å². The van der Waals surface area contributed by atoms with Crippen LogP contribution in [-0.4, -0.2) is 18.5 Å². The van der Waals surface area contributed by atoms with Crippen molar-refractivity contribution in [3.05, 3.63) is 62.6 Å². The van der Waals surface area contributed by atoms with Gasteiger partial charge < -0.3 is 10.1 Å². The van der Waals surface area contributed by atoms with Crippen LogP contribution < -0.4 is 5.32 Å². The molecule has 0 saturated carbocycles. The third kappa shape index (κ3) is 4.62. The maximum absolute atomic E-state index is 11.8. The number of halogens is 3. The van der Waals surface area contributed by atoms with Crippen molar-refractivity contribution < 1.29 is 14.3 Å². The molecule has 2 aromatic rings. The van der Waals surface area contributed by atoms with Crippen LogP contribution in [0.5, 0.6) is 0 Å². The molecule has 0 radical (unpaired) electrons. The molecule has 0 spiro atoms. The van der Waals surface area contributed by atoms with E-state index in [9.17, 15) is 9.59 Å². The summed E-state index contributed by atoms with van der Waals surface area (Å²) in [6.45, 7) is -0.489. The average molecular weight is 384 g/mol. The number of carbonyl (C=O) groups excluding carboxylic acids is 2. The van der Waals surface area contributed by atoms with Gasteiger partial charge in [-0.05, 0) is 36.4 Å². The minimum Gasteiger partial charge on any atom is -0.452 e. The van der Waals surface area contributed by atoms with Gasteiger partial charge in [-0.3, -0.25) is 4.79 Å². The Balaban J connectivity index is 1.93. The first-order valence-electron chi connectivity index (χ1n) is 6.52. The van der Waals surface area contributed by atoms with Gasteiger partial charge >= 0.3 is 5.97 Å². The maximum atomic E-state index is 11.8. The fraction of sp³-hybridized carbons (Fsp3) is 0.0625. The van der Waals surface area contributed by atoms with Gasteiger partial charge in [0.05, 0.1) is 26.2 Å². The van der Waals surface area contributed by atoms with Gasteiger partial charge in [0.2, 0.25) is 0 Å². The Kier molecular flexibility index (Phi) is 6.04. The molecular formula is C16H9Cl3N2O3. The van der Waals surface area contributed by atoms with Crippen LogP contribution in [0.3, 0.4) is 0 Å². The van der Waals surface area contributed by atoms with E-state index in [1.165, 1.54) is 36.4 Å². The van der Waals surface area contributed by atoms with Crippen LogP contribution in [0.15, 0.2) is 36.4 Å². The Morgan fingerprint density at radius 3 is 2.42 bits per heavy atom. The van der Waals surface area contributed by atoms with E-state index in [-0.39, 0.29) is 15.6 Å². The number of carbonyl (C=O) groups is 2. The molecule has 2 aromatic carbocycles. The third-order valence-electron chi connectivity index (χ3n) is 2.86. The standard InChI is InChI=1S/C16H9Cl3N2O3/c17-12-4-2-9(5-14(12)19)16(23)24-8-15(22)21-11-3-1-10(7-20)13(18)6-11/h1-6H,8H2,(H,21,22). The molecule has 0 aliphatic carbocycles. The summed E-state index contributed by atoms with van der Waals surface area (Å²) in [7, 11) is 0. The molecule has 0 aromatic heterocycles. The zero-order valence-electron chi connectivity index (χ0n) is 12.0. The van der Waals surface area contributed by atoms with Gasteiger partial charge in [0.1, 0.15) is 6.07 Å². The molecule has 0 heterocycles. The van der Waals surface area contributed by atoms with Crippen molar-refractivity contribution in [2.24, 2.45) is 0 Å². The first-order valence-corrected chi connectivity index (χ1v) is 7.66. The van der Waals surface area contributed by atoms with Crippen molar-refractivity contribution in [3.8, 4) is 6.07 Å². The van der Waals surface area contributed by atoms with E-state index in [0.29, 0.717) is 16.3 Å². The molecule has 0 bridgehead atoms. The highest BCUT2D eigenvalue weighted by atomic mass is 35.5. The molecule has 0 aliphatic heterocycles. The highest BCUT2D eigenvalue weighted by molar-refractivity contribution is 6.42. The van der Waals surface area contributed by atoms with E-state index in [1.807, 2.05) is 6.07 Å². The lowest BCUT2D eigenvalue weighted by atomic mass is 10.2. The summed E-state index contributed by atoms with van der Waals surface area (Å²) in [4.78, 5) is 23.6. The molecule has 0 atom stereocenters. The third-order valence-corrected chi connectivity index (χ3v) is 3.91. The van der Waals surface area contributed by atoms with Crippen LogP contribution in [0, 0.1) is 11.3 Å². The quantitative estimate of drug-likeness (QED) is 0.798. The van der Waals surface area contributed by atoms with Crippen LogP contribution in [0.4, 0.5) is 5.69 Å². The summed E-state index contributed by atoms with van der Waals surface area (Å²) in [5, 5.41) is 12.0. The molecule has 24 heavy (non-hydrogen) atoms. The van der Waals surface area contributed by atoms with Gasteiger partial charge in [-0.15, -0.1) is 0 Å². The zero-order chi connectivity index (χ0) is 17.7. The summed E-state index contributed by atoms with van der Waals surface area (Å²) in [5.41, 5.74) is 0.855. The van der Waals surface area contributed by atoms with Gasteiger partial charge in [0.15, 0.2) is 6.61 Å². The number of esters is 1. The molecule has 0 aliphatic rings. The van der Waals surface area contributed by atoms with Gasteiger partial charge in [0.25, 0.3) is 5.91 Å². The van der Waals surface area contributed by atoms with Crippen molar-refractivity contribution in [1.82, 2.24) is 0 Å². The summed E-state index contributed by atoms with van der Waals surface area (Å²) in [6.07, 6.45) is 0. The monoisotopic (exact) mass is 382 g/mol. The Morgan fingerprint density at radius 1 is 1.04 bits per heavy atom. The minimum atomic E-state index is -0.707. The summed E-state index contributed by atoms with van der Waals surface area (Å²) in [6, 6.07) is 10.6. The van der Waals surface area contributed by atoms with E-state index in [2.05, 4.69) is 5.32 Å². The minimum absolute atomic E-state index is 0.179. The number of nitrogens with zero attached hydrogens (tertiary/aromatic N) is 1. The molecule has 0 unspecified atom stereocenters. The molecule has 2 rings (SSSR count). The maximum Gasteiger partial charge on any atom is 0.338 e. The van der Waals surface area contributed by atoms with E-state index < -0.39 is 18.5 Å². The highest BCUT2D eigenvalue weighted by Gasteiger charge is 2.12. The lowest BCUT2D eigenvalue weighted by molar-refractivity contribution is -0.119. The number of anilines is 1. The second kappa shape index (κ2) is 8.02. The van der Waals surface area contributed by atoms with E-state index in [1.54, 1.807) is 0 Å². The lowest BCUT2D eigenvalue weighted by Crippen LogP contribution is -2.21.